The predicted octanol–water partition coefficient (Wildman–Crippen LogP) is 4.26. The number of rotatable bonds is 6. The maximum atomic E-state index is 3.74. The Hall–Kier alpha value is -0.780. The van der Waals surface area contributed by atoms with Gasteiger partial charge in [0.25, 0.3) is 0 Å². The van der Waals surface area contributed by atoms with Crippen LogP contribution >= 0.6 is 0 Å². The van der Waals surface area contributed by atoms with Crippen molar-refractivity contribution in [1.29, 1.82) is 0 Å². The van der Waals surface area contributed by atoms with E-state index in [1.165, 1.54) is 24.8 Å². The van der Waals surface area contributed by atoms with Crippen molar-refractivity contribution in [2.45, 2.75) is 39.5 Å². The number of hydrogen-bond acceptors (Lipinski definition) is 0. The molecular formula is C12H20. The van der Waals surface area contributed by atoms with Crippen LogP contribution in [0.3, 0.4) is 0 Å². The first-order chi connectivity index (χ1) is 5.85. The van der Waals surface area contributed by atoms with Crippen molar-refractivity contribution in [1.82, 2.24) is 0 Å². The number of allylic oxidation sites excluding steroid dienone is 5. The van der Waals surface area contributed by atoms with Crippen molar-refractivity contribution in [3.05, 3.63) is 36.5 Å². The van der Waals surface area contributed by atoms with Gasteiger partial charge >= 0.3 is 0 Å². The van der Waals surface area contributed by atoms with E-state index in [0.717, 1.165) is 6.42 Å². The molecule has 12 heavy (non-hydrogen) atoms. The molecule has 0 aromatic heterocycles. The fourth-order valence-electron chi connectivity index (χ4n) is 1.16. The minimum Gasteiger partial charge on any atom is -0.103 e. The van der Waals surface area contributed by atoms with E-state index in [1.54, 1.807) is 0 Å². The van der Waals surface area contributed by atoms with E-state index in [2.05, 4.69) is 38.7 Å². The van der Waals surface area contributed by atoms with E-state index >= 15 is 0 Å². The average molecular weight is 164 g/mol. The second kappa shape index (κ2) is 8.32. The average Bonchev–Trinajstić information content (AvgIpc) is 2.10. The summed E-state index contributed by atoms with van der Waals surface area (Å²) in [5.74, 6) is 0. The number of hydrogen-bond donors (Lipinski definition) is 0. The molecule has 0 bridgehead atoms. The molecule has 0 aliphatic heterocycles. The van der Waals surface area contributed by atoms with E-state index in [4.69, 9.17) is 0 Å². The van der Waals surface area contributed by atoms with E-state index in [-0.39, 0.29) is 0 Å². The summed E-state index contributed by atoms with van der Waals surface area (Å²) in [5.41, 5.74) is 1.51. The molecule has 0 saturated heterocycles. The Morgan fingerprint density at radius 2 is 2.08 bits per heavy atom. The van der Waals surface area contributed by atoms with Crippen molar-refractivity contribution in [3.8, 4) is 0 Å². The monoisotopic (exact) mass is 164 g/mol. The van der Waals surface area contributed by atoms with Crippen molar-refractivity contribution < 1.29 is 0 Å². The summed E-state index contributed by atoms with van der Waals surface area (Å²) in [5, 5.41) is 0. The SMILES string of the molecule is C=CCC(=CC)CCCC=CC. The molecule has 0 atom stereocenters. The summed E-state index contributed by atoms with van der Waals surface area (Å²) in [6.45, 7) is 7.91. The van der Waals surface area contributed by atoms with Crippen LogP contribution in [0.25, 0.3) is 0 Å². The van der Waals surface area contributed by atoms with Crippen LogP contribution in [0.15, 0.2) is 36.5 Å². The molecule has 0 amide bonds. The summed E-state index contributed by atoms with van der Waals surface area (Å²) in [6, 6.07) is 0. The van der Waals surface area contributed by atoms with E-state index in [0.29, 0.717) is 0 Å². The lowest BCUT2D eigenvalue weighted by molar-refractivity contribution is 0.814. The molecule has 0 unspecified atom stereocenters. The third-order valence-corrected chi connectivity index (χ3v) is 1.92. The highest BCUT2D eigenvalue weighted by Crippen LogP contribution is 2.11. The van der Waals surface area contributed by atoms with Gasteiger partial charge in [-0.3, -0.25) is 0 Å². The van der Waals surface area contributed by atoms with Gasteiger partial charge in [-0.25, -0.2) is 0 Å². The maximum Gasteiger partial charge on any atom is -0.0142 e. The summed E-state index contributed by atoms with van der Waals surface area (Å²) in [7, 11) is 0. The quantitative estimate of drug-likeness (QED) is 0.406. The smallest absolute Gasteiger partial charge is 0.0142 e. The molecule has 0 heteroatoms. The van der Waals surface area contributed by atoms with Gasteiger partial charge in [0.1, 0.15) is 0 Å². The second-order valence-electron chi connectivity index (χ2n) is 2.90. The van der Waals surface area contributed by atoms with Gasteiger partial charge in [-0.15, -0.1) is 6.58 Å². The molecule has 0 radical (unpaired) electrons. The molecule has 0 nitrogen and oxygen atoms in total. The lowest BCUT2D eigenvalue weighted by Crippen LogP contribution is -1.81. The highest BCUT2D eigenvalue weighted by Gasteiger charge is 1.91. The zero-order valence-electron chi connectivity index (χ0n) is 8.34. The minimum atomic E-state index is 1.05. The Kier molecular flexibility index (Phi) is 7.78. The Bertz CT molecular complexity index is 161. The molecule has 68 valence electrons. The third-order valence-electron chi connectivity index (χ3n) is 1.92. The Labute approximate surface area is 76.7 Å². The van der Waals surface area contributed by atoms with Gasteiger partial charge in [0.05, 0.1) is 0 Å². The van der Waals surface area contributed by atoms with Crippen LogP contribution in [0.4, 0.5) is 0 Å². The predicted molar refractivity (Wildman–Crippen MR) is 57.2 cm³/mol. The molecular weight excluding hydrogens is 144 g/mol. The first kappa shape index (κ1) is 11.2. The highest BCUT2D eigenvalue weighted by atomic mass is 14.0. The molecule has 0 spiro atoms. The van der Waals surface area contributed by atoms with Crippen molar-refractivity contribution in [2.24, 2.45) is 0 Å². The van der Waals surface area contributed by atoms with Crippen LogP contribution in [-0.4, -0.2) is 0 Å². The summed E-state index contributed by atoms with van der Waals surface area (Å²) in [4.78, 5) is 0. The molecule has 0 rings (SSSR count). The summed E-state index contributed by atoms with van der Waals surface area (Å²) >= 11 is 0. The van der Waals surface area contributed by atoms with Gasteiger partial charge in [0.2, 0.25) is 0 Å². The second-order valence-corrected chi connectivity index (χ2v) is 2.90. The van der Waals surface area contributed by atoms with Crippen LogP contribution in [0.1, 0.15) is 39.5 Å². The first-order valence-corrected chi connectivity index (χ1v) is 4.71. The lowest BCUT2D eigenvalue weighted by atomic mass is 10.1. The van der Waals surface area contributed by atoms with E-state index in [9.17, 15) is 0 Å². The lowest BCUT2D eigenvalue weighted by Gasteiger charge is -2.01. The Morgan fingerprint density at radius 1 is 1.33 bits per heavy atom. The topological polar surface area (TPSA) is 0 Å². The minimum absolute atomic E-state index is 1.05. The van der Waals surface area contributed by atoms with Gasteiger partial charge in [-0.2, -0.15) is 0 Å². The summed E-state index contributed by atoms with van der Waals surface area (Å²) in [6.07, 6.45) is 13.2. The van der Waals surface area contributed by atoms with Gasteiger partial charge in [-0.05, 0) is 39.5 Å². The zero-order valence-corrected chi connectivity index (χ0v) is 8.34. The van der Waals surface area contributed by atoms with Crippen LogP contribution in [0.5, 0.6) is 0 Å². The largest absolute Gasteiger partial charge is 0.103 e. The van der Waals surface area contributed by atoms with Gasteiger partial charge in [0, 0.05) is 0 Å². The fourth-order valence-corrected chi connectivity index (χ4v) is 1.16. The van der Waals surface area contributed by atoms with Gasteiger partial charge in [-0.1, -0.05) is 29.9 Å². The van der Waals surface area contributed by atoms with Crippen molar-refractivity contribution in [3.63, 3.8) is 0 Å². The summed E-state index contributed by atoms with van der Waals surface area (Å²) < 4.78 is 0. The molecule has 0 heterocycles. The van der Waals surface area contributed by atoms with Crippen molar-refractivity contribution in [2.75, 3.05) is 0 Å². The molecule has 0 N–H and O–H groups in total. The fraction of sp³-hybridized carbons (Fsp3) is 0.500. The first-order valence-electron chi connectivity index (χ1n) is 4.71. The maximum absolute atomic E-state index is 3.74. The van der Waals surface area contributed by atoms with Crippen molar-refractivity contribution >= 4 is 0 Å². The van der Waals surface area contributed by atoms with Gasteiger partial charge in [0.15, 0.2) is 0 Å². The van der Waals surface area contributed by atoms with E-state index in [1.807, 2.05) is 6.08 Å². The normalized spacial score (nSPS) is 12.3. The highest BCUT2D eigenvalue weighted by molar-refractivity contribution is 5.04. The molecule has 0 aromatic carbocycles. The van der Waals surface area contributed by atoms with Crippen LogP contribution in [0.2, 0.25) is 0 Å². The molecule has 0 aromatic rings. The Balaban J connectivity index is 3.52. The molecule has 0 fully saturated rings. The Morgan fingerprint density at radius 3 is 2.58 bits per heavy atom. The molecule has 0 saturated carbocycles. The van der Waals surface area contributed by atoms with E-state index < -0.39 is 0 Å². The van der Waals surface area contributed by atoms with Crippen LogP contribution < -0.4 is 0 Å². The molecule has 0 aliphatic rings. The van der Waals surface area contributed by atoms with Gasteiger partial charge < -0.3 is 0 Å². The van der Waals surface area contributed by atoms with Crippen LogP contribution in [-0.2, 0) is 0 Å². The zero-order chi connectivity index (χ0) is 9.23. The standard InChI is InChI=1S/C12H20/c1-4-7-8-9-11-12(6-3)10-5-2/h4-7H,2,8-11H2,1,3H3. The van der Waals surface area contributed by atoms with Crippen LogP contribution in [0, 0.1) is 0 Å². The third kappa shape index (κ3) is 5.96. The number of unbranched alkanes of at least 4 members (excludes halogenated alkanes) is 1. The molecule has 0 aliphatic carbocycles.